The van der Waals surface area contributed by atoms with Crippen LogP contribution in [0.4, 0.5) is 0 Å². The molecule has 0 spiro atoms. The number of rotatable bonds is 2. The highest BCUT2D eigenvalue weighted by molar-refractivity contribution is 5.88. The number of hydrogen-bond acceptors (Lipinski definition) is 3. The molecule has 2 aliphatic heterocycles. The van der Waals surface area contributed by atoms with Crippen LogP contribution in [0.2, 0.25) is 0 Å². The molecule has 1 amide bonds. The molecule has 2 aliphatic rings. The van der Waals surface area contributed by atoms with E-state index in [1.807, 2.05) is 23.1 Å². The second kappa shape index (κ2) is 6.16. The summed E-state index contributed by atoms with van der Waals surface area (Å²) in [6.45, 7) is 3.01. The van der Waals surface area contributed by atoms with Gasteiger partial charge in [-0.25, -0.2) is 0 Å². The number of piperidine rings is 2. The minimum absolute atomic E-state index is 0.203. The molecule has 0 aliphatic carbocycles. The maximum atomic E-state index is 13.2. The van der Waals surface area contributed by atoms with Crippen LogP contribution in [-0.4, -0.2) is 48.2 Å². The van der Waals surface area contributed by atoms with Gasteiger partial charge in [-0.05, 0) is 44.3 Å². The zero-order valence-electron chi connectivity index (χ0n) is 12.4. The van der Waals surface area contributed by atoms with Crippen molar-refractivity contribution in [1.29, 1.82) is 0 Å². The second-order valence-corrected chi connectivity index (χ2v) is 6.25. The van der Waals surface area contributed by atoms with Crippen molar-refractivity contribution < 1.29 is 9.90 Å². The lowest BCUT2D eigenvalue weighted by atomic mass is 9.71. The normalized spacial score (nSPS) is 25.6. The maximum absolute atomic E-state index is 13.2. The molecule has 0 saturated carbocycles. The minimum Gasteiger partial charge on any atom is -0.391 e. The highest BCUT2D eigenvalue weighted by Crippen LogP contribution is 2.36. The summed E-state index contributed by atoms with van der Waals surface area (Å²) in [7, 11) is 0. The molecule has 1 unspecified atom stereocenters. The number of likely N-dealkylation sites (tertiary alicyclic amines) is 1. The molecule has 0 aromatic heterocycles. The number of nitrogens with one attached hydrogen (secondary N) is 1. The Labute approximate surface area is 126 Å². The van der Waals surface area contributed by atoms with Gasteiger partial charge in [-0.1, -0.05) is 30.3 Å². The van der Waals surface area contributed by atoms with Crippen molar-refractivity contribution in [2.24, 2.45) is 0 Å². The first-order chi connectivity index (χ1) is 10.2. The Morgan fingerprint density at radius 1 is 1.24 bits per heavy atom. The van der Waals surface area contributed by atoms with E-state index in [9.17, 15) is 9.90 Å². The molecular formula is C17H24N2O2. The molecule has 1 aromatic rings. The average Bonchev–Trinajstić information content (AvgIpc) is 2.55. The number of carbonyl (C=O) groups is 1. The van der Waals surface area contributed by atoms with Gasteiger partial charge < -0.3 is 15.3 Å². The summed E-state index contributed by atoms with van der Waals surface area (Å²) in [5.74, 6) is 0.203. The molecule has 1 atom stereocenters. The molecular weight excluding hydrogens is 264 g/mol. The van der Waals surface area contributed by atoms with E-state index in [1.54, 1.807) is 0 Å². The lowest BCUT2D eigenvalue weighted by Crippen LogP contribution is -2.55. The number of nitrogens with zero attached hydrogens (tertiary/aromatic N) is 1. The van der Waals surface area contributed by atoms with Crippen molar-refractivity contribution in [3.63, 3.8) is 0 Å². The average molecular weight is 288 g/mol. The van der Waals surface area contributed by atoms with E-state index in [2.05, 4.69) is 17.4 Å². The lowest BCUT2D eigenvalue weighted by molar-refractivity contribution is -0.141. The first-order valence-electron chi connectivity index (χ1n) is 7.96. The van der Waals surface area contributed by atoms with Crippen molar-refractivity contribution >= 4 is 5.91 Å². The molecule has 2 fully saturated rings. The lowest BCUT2D eigenvalue weighted by Gasteiger charge is -2.42. The highest BCUT2D eigenvalue weighted by Gasteiger charge is 2.44. The molecule has 21 heavy (non-hydrogen) atoms. The number of carbonyl (C=O) groups excluding carboxylic acids is 1. The van der Waals surface area contributed by atoms with Gasteiger partial charge in [-0.15, -0.1) is 0 Å². The van der Waals surface area contributed by atoms with Crippen molar-refractivity contribution in [3.05, 3.63) is 35.9 Å². The number of hydrogen-bond donors (Lipinski definition) is 2. The van der Waals surface area contributed by atoms with Crippen LogP contribution >= 0.6 is 0 Å². The van der Waals surface area contributed by atoms with Crippen LogP contribution in [0.25, 0.3) is 0 Å². The van der Waals surface area contributed by atoms with E-state index < -0.39 is 5.41 Å². The van der Waals surface area contributed by atoms with Crippen LogP contribution in [0.1, 0.15) is 31.2 Å². The second-order valence-electron chi connectivity index (χ2n) is 6.25. The zero-order chi connectivity index (χ0) is 14.7. The Bertz CT molecular complexity index is 483. The third kappa shape index (κ3) is 2.83. The summed E-state index contributed by atoms with van der Waals surface area (Å²) in [4.78, 5) is 15.1. The smallest absolute Gasteiger partial charge is 0.233 e. The van der Waals surface area contributed by atoms with E-state index in [1.165, 1.54) is 0 Å². The summed E-state index contributed by atoms with van der Waals surface area (Å²) >= 11 is 0. The van der Waals surface area contributed by atoms with Crippen LogP contribution in [0, 0.1) is 0 Å². The van der Waals surface area contributed by atoms with Gasteiger partial charge in [0.1, 0.15) is 0 Å². The van der Waals surface area contributed by atoms with Crippen LogP contribution < -0.4 is 5.32 Å². The fraction of sp³-hybridized carbons (Fsp3) is 0.588. The number of β-amino-alcohol motifs (C(OH)–C–C–N with tert-alkyl or cyclic N) is 1. The fourth-order valence-electron chi connectivity index (χ4n) is 3.68. The zero-order valence-corrected chi connectivity index (χ0v) is 12.4. The molecule has 114 valence electrons. The third-order valence-electron chi connectivity index (χ3n) is 4.88. The van der Waals surface area contributed by atoms with Gasteiger partial charge in [-0.3, -0.25) is 4.79 Å². The monoisotopic (exact) mass is 288 g/mol. The van der Waals surface area contributed by atoms with Gasteiger partial charge in [0.15, 0.2) is 0 Å². The van der Waals surface area contributed by atoms with Gasteiger partial charge in [0.25, 0.3) is 0 Å². The fourth-order valence-corrected chi connectivity index (χ4v) is 3.68. The standard InChI is InChI=1S/C17H24N2O2/c20-15-7-4-12-19(13-15)16(21)17(8-10-18-11-9-17)14-5-2-1-3-6-14/h1-3,5-6,15,18,20H,4,7-13H2. The first kappa shape index (κ1) is 14.5. The van der Waals surface area contributed by atoms with Gasteiger partial charge >= 0.3 is 0 Å². The van der Waals surface area contributed by atoms with Gasteiger partial charge in [0.2, 0.25) is 5.91 Å². The van der Waals surface area contributed by atoms with Gasteiger partial charge in [-0.2, -0.15) is 0 Å². The predicted molar refractivity (Wildman–Crippen MR) is 82.0 cm³/mol. The summed E-state index contributed by atoms with van der Waals surface area (Å²) < 4.78 is 0. The Balaban J connectivity index is 1.90. The molecule has 2 saturated heterocycles. The molecule has 4 nitrogen and oxygen atoms in total. The van der Waals surface area contributed by atoms with Crippen molar-refractivity contribution in [2.45, 2.75) is 37.2 Å². The van der Waals surface area contributed by atoms with Crippen molar-refractivity contribution in [2.75, 3.05) is 26.2 Å². The van der Waals surface area contributed by atoms with Crippen molar-refractivity contribution in [3.8, 4) is 0 Å². The Hall–Kier alpha value is -1.39. The summed E-state index contributed by atoms with van der Waals surface area (Å²) in [6.07, 6.45) is 3.02. The van der Waals surface area contributed by atoms with Crippen LogP contribution in [0.3, 0.4) is 0 Å². The Morgan fingerprint density at radius 3 is 2.62 bits per heavy atom. The van der Waals surface area contributed by atoms with E-state index >= 15 is 0 Å². The maximum Gasteiger partial charge on any atom is 0.233 e. The van der Waals surface area contributed by atoms with E-state index in [4.69, 9.17) is 0 Å². The van der Waals surface area contributed by atoms with Crippen LogP contribution in [0.15, 0.2) is 30.3 Å². The minimum atomic E-state index is -0.413. The van der Waals surface area contributed by atoms with E-state index in [-0.39, 0.29) is 12.0 Å². The van der Waals surface area contributed by atoms with Crippen LogP contribution in [0.5, 0.6) is 0 Å². The van der Waals surface area contributed by atoms with E-state index in [0.29, 0.717) is 6.54 Å². The number of aliphatic hydroxyl groups excluding tert-OH is 1. The molecule has 0 radical (unpaired) electrons. The first-order valence-corrected chi connectivity index (χ1v) is 7.96. The Kier molecular flexibility index (Phi) is 4.27. The molecule has 0 bridgehead atoms. The largest absolute Gasteiger partial charge is 0.391 e. The molecule has 1 aromatic carbocycles. The summed E-state index contributed by atoms with van der Waals surface area (Å²) in [5, 5.41) is 13.2. The van der Waals surface area contributed by atoms with Crippen LogP contribution in [-0.2, 0) is 10.2 Å². The molecule has 3 rings (SSSR count). The summed E-state index contributed by atoms with van der Waals surface area (Å²) in [5.41, 5.74) is 0.709. The topological polar surface area (TPSA) is 52.6 Å². The summed E-state index contributed by atoms with van der Waals surface area (Å²) in [6, 6.07) is 10.2. The third-order valence-corrected chi connectivity index (χ3v) is 4.88. The number of benzene rings is 1. The number of aliphatic hydroxyl groups is 1. The number of amides is 1. The molecule has 4 heteroatoms. The van der Waals surface area contributed by atoms with Gasteiger partial charge in [0.05, 0.1) is 11.5 Å². The van der Waals surface area contributed by atoms with Gasteiger partial charge in [0, 0.05) is 13.1 Å². The SMILES string of the molecule is O=C(N1CCCC(O)C1)C1(c2ccccc2)CCNCC1. The van der Waals surface area contributed by atoms with Crippen molar-refractivity contribution in [1.82, 2.24) is 10.2 Å². The van der Waals surface area contributed by atoms with E-state index in [0.717, 1.165) is 50.9 Å². The predicted octanol–water partition coefficient (Wildman–Crippen LogP) is 1.29. The highest BCUT2D eigenvalue weighted by atomic mass is 16.3. The quantitative estimate of drug-likeness (QED) is 0.862. The Morgan fingerprint density at radius 2 is 1.95 bits per heavy atom. The molecule has 2 N–H and O–H groups in total. The molecule has 2 heterocycles.